The maximum atomic E-state index is 14.4. The number of nitrogens with zero attached hydrogens (tertiary/aromatic N) is 5. The third kappa shape index (κ3) is 5.87. The molecule has 1 fully saturated rings. The Balaban J connectivity index is 1.17. The van der Waals surface area contributed by atoms with Crippen LogP contribution in [0.2, 0.25) is 0 Å². The monoisotopic (exact) mass is 644 g/mol. The SMILES string of the molecule is CCCc1c(Cc2ccc(-c3ccccc3-c3noc(=O)[nH]3)cc2)c(=O)n([C@H]2CC[C@H](C(=O)c3ccc(OC)cc3)CC2)c2ncnn12. The zero-order valence-electron chi connectivity index (χ0n) is 26.9. The molecule has 0 amide bonds. The number of methoxy groups -OCH3 is 1. The van der Waals surface area contributed by atoms with Crippen LogP contribution in [0.15, 0.2) is 93.2 Å². The van der Waals surface area contributed by atoms with Crippen LogP contribution in [0.25, 0.3) is 28.3 Å². The third-order valence-electron chi connectivity index (χ3n) is 9.39. The van der Waals surface area contributed by atoms with Crippen LogP contribution >= 0.6 is 0 Å². The van der Waals surface area contributed by atoms with Gasteiger partial charge in [-0.15, -0.1) is 0 Å². The predicted octanol–water partition coefficient (Wildman–Crippen LogP) is 6.07. The Morgan fingerprint density at radius 3 is 2.35 bits per heavy atom. The van der Waals surface area contributed by atoms with Gasteiger partial charge in [0, 0.05) is 35.1 Å². The number of H-pyrrole nitrogens is 1. The Hall–Kier alpha value is -5.58. The standard InChI is InChI=1S/C37H36N6O5/c1-3-6-32-31(21-23-9-11-24(12-10-23)29-7-4-5-8-30(29)34-40-37(46)48-41-34)35(45)42(36-38-22-39-43(32)36)27-17-13-25(14-18-27)33(44)26-15-19-28(47-2)20-16-26/h4-5,7-12,15-16,19-20,22,25,27H,3,6,13-14,17-18,21H2,1-2H3,(H,40,41,46)/t25-,27-. The van der Waals surface area contributed by atoms with E-state index in [-0.39, 0.29) is 23.3 Å². The first-order chi connectivity index (χ1) is 23.4. The van der Waals surface area contributed by atoms with Crippen molar-refractivity contribution in [1.29, 1.82) is 0 Å². The van der Waals surface area contributed by atoms with Gasteiger partial charge in [0.25, 0.3) is 5.56 Å². The van der Waals surface area contributed by atoms with Gasteiger partial charge < -0.3 is 4.74 Å². The van der Waals surface area contributed by atoms with Gasteiger partial charge in [0.15, 0.2) is 11.6 Å². The van der Waals surface area contributed by atoms with Crippen molar-refractivity contribution in [3.63, 3.8) is 0 Å². The second kappa shape index (κ2) is 13.3. The van der Waals surface area contributed by atoms with E-state index >= 15 is 0 Å². The quantitative estimate of drug-likeness (QED) is 0.178. The van der Waals surface area contributed by atoms with Crippen molar-refractivity contribution in [3.8, 4) is 28.3 Å². The first kappa shape index (κ1) is 31.0. The number of carbonyl (C=O) groups excluding carboxylic acids is 1. The Kier molecular flexibility index (Phi) is 8.58. The van der Waals surface area contributed by atoms with E-state index in [1.807, 2.05) is 81.9 Å². The van der Waals surface area contributed by atoms with Crippen LogP contribution in [-0.2, 0) is 12.8 Å². The first-order valence-electron chi connectivity index (χ1n) is 16.3. The number of Topliss-reactive ketones (excluding diaryl/α,β-unsaturated/α-hetero) is 1. The molecule has 0 spiro atoms. The molecule has 6 aromatic rings. The van der Waals surface area contributed by atoms with Crippen LogP contribution in [0.1, 0.15) is 72.2 Å². The van der Waals surface area contributed by atoms with Crippen LogP contribution in [0.4, 0.5) is 0 Å². The molecule has 48 heavy (non-hydrogen) atoms. The lowest BCUT2D eigenvalue weighted by Gasteiger charge is -2.30. The highest BCUT2D eigenvalue weighted by Gasteiger charge is 2.31. The lowest BCUT2D eigenvalue weighted by molar-refractivity contribution is 0.0874. The van der Waals surface area contributed by atoms with Crippen LogP contribution < -0.4 is 16.1 Å². The van der Waals surface area contributed by atoms with E-state index in [2.05, 4.69) is 27.1 Å². The number of ketones is 1. The van der Waals surface area contributed by atoms with Gasteiger partial charge in [0.05, 0.1) is 12.8 Å². The number of aromatic nitrogens is 6. The van der Waals surface area contributed by atoms with Gasteiger partial charge >= 0.3 is 5.76 Å². The van der Waals surface area contributed by atoms with Crippen LogP contribution in [-0.4, -0.2) is 42.2 Å². The molecule has 11 heteroatoms. The highest BCUT2D eigenvalue weighted by molar-refractivity contribution is 5.98. The minimum atomic E-state index is -0.608. The average molecular weight is 645 g/mol. The smallest absolute Gasteiger partial charge is 0.439 e. The Bertz CT molecular complexity index is 2180. The number of aryl methyl sites for hydroxylation is 1. The van der Waals surface area contributed by atoms with Crippen molar-refractivity contribution in [2.75, 3.05) is 7.11 Å². The number of nitrogens with one attached hydrogen (secondary N) is 1. The Labute approximate surface area is 276 Å². The summed E-state index contributed by atoms with van der Waals surface area (Å²) in [5.41, 5.74) is 5.79. The molecule has 244 valence electrons. The topological polar surface area (TPSA) is 137 Å². The number of hydrogen-bond donors (Lipinski definition) is 1. The van der Waals surface area contributed by atoms with Crippen molar-refractivity contribution in [2.24, 2.45) is 5.92 Å². The third-order valence-corrected chi connectivity index (χ3v) is 9.39. The number of hydrogen-bond acceptors (Lipinski definition) is 8. The molecule has 0 unspecified atom stereocenters. The Morgan fingerprint density at radius 2 is 1.69 bits per heavy atom. The molecule has 0 aliphatic heterocycles. The summed E-state index contributed by atoms with van der Waals surface area (Å²) < 4.78 is 13.6. The minimum absolute atomic E-state index is 0.0479. The number of rotatable bonds is 10. The summed E-state index contributed by atoms with van der Waals surface area (Å²) in [6.45, 7) is 2.09. The van der Waals surface area contributed by atoms with Crippen molar-refractivity contribution in [3.05, 3.63) is 122 Å². The van der Waals surface area contributed by atoms with Crippen molar-refractivity contribution < 1.29 is 14.1 Å². The lowest BCUT2D eigenvalue weighted by atomic mass is 9.81. The summed E-state index contributed by atoms with van der Waals surface area (Å²) in [4.78, 5) is 46.5. The zero-order valence-corrected chi connectivity index (χ0v) is 26.9. The Morgan fingerprint density at radius 1 is 0.958 bits per heavy atom. The summed E-state index contributed by atoms with van der Waals surface area (Å²) >= 11 is 0. The molecule has 3 aromatic carbocycles. The van der Waals surface area contributed by atoms with Crippen LogP contribution in [0.5, 0.6) is 5.75 Å². The van der Waals surface area contributed by atoms with Crippen molar-refractivity contribution >= 4 is 11.6 Å². The van der Waals surface area contributed by atoms with Crippen molar-refractivity contribution in [2.45, 2.75) is 57.9 Å². The maximum absolute atomic E-state index is 14.4. The molecule has 1 saturated carbocycles. The van der Waals surface area contributed by atoms with E-state index in [1.54, 1.807) is 7.11 Å². The molecular formula is C37H36N6O5. The highest BCUT2D eigenvalue weighted by Crippen LogP contribution is 2.35. The normalized spacial score (nSPS) is 16.3. The lowest BCUT2D eigenvalue weighted by Crippen LogP contribution is -2.35. The second-order valence-corrected chi connectivity index (χ2v) is 12.3. The fraction of sp³-hybridized carbons (Fsp3) is 0.297. The van der Waals surface area contributed by atoms with Gasteiger partial charge in [-0.05, 0) is 73.1 Å². The molecule has 3 heterocycles. The van der Waals surface area contributed by atoms with Crippen LogP contribution in [0, 0.1) is 5.92 Å². The van der Waals surface area contributed by atoms with Gasteiger partial charge in [0.2, 0.25) is 5.78 Å². The zero-order chi connectivity index (χ0) is 33.2. The fourth-order valence-electron chi connectivity index (χ4n) is 6.96. The number of aromatic amines is 1. The summed E-state index contributed by atoms with van der Waals surface area (Å²) in [6.07, 6.45) is 6.28. The predicted molar refractivity (Wildman–Crippen MR) is 180 cm³/mol. The summed E-state index contributed by atoms with van der Waals surface area (Å²) in [6, 6.07) is 22.9. The molecule has 0 atom stereocenters. The molecule has 0 radical (unpaired) electrons. The number of carbonyl (C=O) groups is 1. The largest absolute Gasteiger partial charge is 0.497 e. The molecule has 3 aromatic heterocycles. The van der Waals surface area contributed by atoms with Crippen molar-refractivity contribution in [1.82, 2.24) is 29.3 Å². The fourth-order valence-corrected chi connectivity index (χ4v) is 6.96. The number of benzene rings is 3. The molecule has 1 aliphatic rings. The molecule has 7 rings (SSSR count). The van der Waals surface area contributed by atoms with Gasteiger partial charge in [-0.2, -0.15) is 10.1 Å². The van der Waals surface area contributed by atoms with E-state index in [0.717, 1.165) is 40.1 Å². The maximum Gasteiger partial charge on any atom is 0.439 e. The summed E-state index contributed by atoms with van der Waals surface area (Å²) in [5, 5.41) is 8.44. The van der Waals surface area contributed by atoms with E-state index in [4.69, 9.17) is 9.26 Å². The van der Waals surface area contributed by atoms with E-state index < -0.39 is 5.76 Å². The first-order valence-corrected chi connectivity index (χ1v) is 16.3. The van der Waals surface area contributed by atoms with Crippen LogP contribution in [0.3, 0.4) is 0 Å². The highest BCUT2D eigenvalue weighted by atomic mass is 16.5. The number of fused-ring (bicyclic) bond motifs is 1. The second-order valence-electron chi connectivity index (χ2n) is 12.3. The molecule has 0 bridgehead atoms. The molecular weight excluding hydrogens is 608 g/mol. The summed E-state index contributed by atoms with van der Waals surface area (Å²) in [5.74, 6) is 1.07. The van der Waals surface area contributed by atoms with Gasteiger partial charge in [0.1, 0.15) is 12.1 Å². The molecule has 1 aliphatic carbocycles. The molecule has 1 N–H and O–H groups in total. The number of ether oxygens (including phenoxy) is 1. The molecule has 0 saturated heterocycles. The van der Waals surface area contributed by atoms with E-state index in [9.17, 15) is 14.4 Å². The van der Waals surface area contributed by atoms with E-state index in [1.165, 1.54) is 6.33 Å². The average Bonchev–Trinajstić information content (AvgIpc) is 3.79. The van der Waals surface area contributed by atoms with E-state index in [0.29, 0.717) is 61.3 Å². The van der Waals surface area contributed by atoms with Gasteiger partial charge in [-0.25, -0.2) is 9.31 Å². The minimum Gasteiger partial charge on any atom is -0.497 e. The van der Waals surface area contributed by atoms with Gasteiger partial charge in [-0.1, -0.05) is 67.0 Å². The summed E-state index contributed by atoms with van der Waals surface area (Å²) in [7, 11) is 1.61. The molecule has 11 nitrogen and oxygen atoms in total. The van der Waals surface area contributed by atoms with Gasteiger partial charge in [-0.3, -0.25) is 23.7 Å².